The van der Waals surface area contributed by atoms with Crippen molar-refractivity contribution in [1.82, 2.24) is 0 Å². The fourth-order valence-electron chi connectivity index (χ4n) is 16.4. The molecule has 2 heterocycles. The van der Waals surface area contributed by atoms with Crippen molar-refractivity contribution in [3.63, 3.8) is 0 Å². The van der Waals surface area contributed by atoms with Gasteiger partial charge in [-0.2, -0.15) is 0 Å². The van der Waals surface area contributed by atoms with Gasteiger partial charge in [-0.3, -0.25) is 0 Å². The summed E-state index contributed by atoms with van der Waals surface area (Å²) in [4.78, 5) is 5.50. The van der Waals surface area contributed by atoms with Crippen LogP contribution < -0.4 is 26.2 Å². The largest absolute Gasteiger partial charge is 0.311 e. The third-order valence-corrected chi connectivity index (χ3v) is 21.0. The Bertz CT molecular complexity index is 3910. The zero-order valence-electron chi connectivity index (χ0n) is 48.2. The fraction of sp³-hybridized carbons (Fsp3) is 0.342. The van der Waals surface area contributed by atoms with Crippen molar-refractivity contribution in [2.75, 3.05) is 9.80 Å². The Hall–Kier alpha value is -6.58. The highest BCUT2D eigenvalue weighted by molar-refractivity contribution is 7.00. The SMILES string of the molecule is Cc1cc2c3c(c1)N(c1cccc4c1-c1ccccc1C4(C)C)c1cc4c(cc1B3c1cc3c(cc1N2c1cc2c(cc1C)C(C)(C)CCC2(C)C)C(C)(C)c1ccccc1C3(C)C)C(C)(C)c1ccccc1C4(C)C. The quantitative estimate of drug-likeness (QED) is 0.159. The van der Waals surface area contributed by atoms with E-state index in [0.29, 0.717) is 0 Å². The predicted octanol–water partition coefficient (Wildman–Crippen LogP) is 17.0. The van der Waals surface area contributed by atoms with E-state index in [1.807, 2.05) is 0 Å². The summed E-state index contributed by atoms with van der Waals surface area (Å²) in [5, 5.41) is 0. The first-order valence-corrected chi connectivity index (χ1v) is 28.5. The summed E-state index contributed by atoms with van der Waals surface area (Å²) in [6.45, 7) is 39.3. The summed E-state index contributed by atoms with van der Waals surface area (Å²) in [6.07, 6.45) is 2.35. The summed E-state index contributed by atoms with van der Waals surface area (Å²) in [5.74, 6) is 0. The Morgan fingerprint density at radius 3 is 1.20 bits per heavy atom. The predicted molar refractivity (Wildman–Crippen MR) is 324 cm³/mol. The first-order chi connectivity index (χ1) is 35.8. The van der Waals surface area contributed by atoms with E-state index in [2.05, 4.69) is 260 Å². The molecule has 4 aliphatic carbocycles. The molecule has 76 heavy (non-hydrogen) atoms. The lowest BCUT2D eigenvalue weighted by atomic mass is 9.32. The lowest BCUT2D eigenvalue weighted by Gasteiger charge is -2.50. The van der Waals surface area contributed by atoms with E-state index in [0.717, 1.165) is 0 Å². The summed E-state index contributed by atoms with van der Waals surface area (Å²) in [7, 11) is 0. The van der Waals surface area contributed by atoms with Gasteiger partial charge in [-0.15, -0.1) is 0 Å². The molecular weight excluding hydrogens is 916 g/mol. The van der Waals surface area contributed by atoms with Crippen LogP contribution in [0.2, 0.25) is 0 Å². The van der Waals surface area contributed by atoms with Crippen LogP contribution in [0.1, 0.15) is 188 Å². The van der Waals surface area contributed by atoms with Crippen molar-refractivity contribution < 1.29 is 0 Å². The van der Waals surface area contributed by atoms with E-state index in [9.17, 15) is 0 Å². The van der Waals surface area contributed by atoms with Gasteiger partial charge >= 0.3 is 0 Å². The number of hydrogen-bond acceptors (Lipinski definition) is 2. The number of anilines is 6. The second-order valence-corrected chi connectivity index (χ2v) is 28.1. The molecule has 0 aromatic heterocycles. The normalized spacial score (nSPS) is 19.9. The average molecular weight is 991 g/mol. The van der Waals surface area contributed by atoms with Gasteiger partial charge in [0.15, 0.2) is 0 Å². The van der Waals surface area contributed by atoms with Gasteiger partial charge < -0.3 is 9.80 Å². The van der Waals surface area contributed by atoms with E-state index < -0.39 is 0 Å². The minimum atomic E-state index is -0.233. The van der Waals surface area contributed by atoms with Gasteiger partial charge in [0.2, 0.25) is 0 Å². The van der Waals surface area contributed by atoms with E-state index in [1.54, 1.807) is 0 Å². The molecule has 0 unspecified atom stereocenters. The summed E-state index contributed by atoms with van der Waals surface area (Å²) in [5.41, 5.74) is 33.5. The van der Waals surface area contributed by atoms with Gasteiger partial charge in [-0.1, -0.05) is 200 Å². The maximum Gasteiger partial charge on any atom is 0.252 e. The molecule has 0 radical (unpaired) electrons. The van der Waals surface area contributed by atoms with Crippen LogP contribution in [-0.4, -0.2) is 6.71 Å². The smallest absolute Gasteiger partial charge is 0.252 e. The maximum atomic E-state index is 2.76. The average Bonchev–Trinajstić information content (AvgIpc) is 3.79. The van der Waals surface area contributed by atoms with Gasteiger partial charge in [-0.05, 0) is 174 Å². The van der Waals surface area contributed by atoms with E-state index in [4.69, 9.17) is 0 Å². The van der Waals surface area contributed by atoms with Gasteiger partial charge in [0.05, 0.1) is 5.69 Å². The summed E-state index contributed by atoms with van der Waals surface area (Å²) >= 11 is 0. The molecule has 0 amide bonds. The zero-order valence-corrected chi connectivity index (χ0v) is 48.2. The van der Waals surface area contributed by atoms with Crippen molar-refractivity contribution in [2.45, 2.75) is 162 Å². The van der Waals surface area contributed by atoms with Crippen molar-refractivity contribution in [3.8, 4) is 11.1 Å². The molecule has 2 aliphatic heterocycles. The number of hydrogen-bond donors (Lipinski definition) is 0. The van der Waals surface area contributed by atoms with E-state index in [1.165, 1.54) is 152 Å². The maximum absolute atomic E-state index is 2.76. The van der Waals surface area contributed by atoms with E-state index >= 15 is 0 Å². The van der Waals surface area contributed by atoms with Crippen LogP contribution in [0.5, 0.6) is 0 Å². The number of benzene rings is 8. The highest BCUT2D eigenvalue weighted by Gasteiger charge is 2.52. The molecule has 0 saturated heterocycles. The summed E-state index contributed by atoms with van der Waals surface area (Å²) in [6, 6.07) is 56.1. The van der Waals surface area contributed by atoms with Crippen LogP contribution in [0.25, 0.3) is 11.1 Å². The van der Waals surface area contributed by atoms with Crippen LogP contribution in [0.4, 0.5) is 34.1 Å². The Morgan fingerprint density at radius 2 is 0.711 bits per heavy atom. The molecule has 0 spiro atoms. The molecule has 0 bridgehead atoms. The monoisotopic (exact) mass is 991 g/mol. The van der Waals surface area contributed by atoms with Gasteiger partial charge in [0.1, 0.15) is 0 Å². The fourth-order valence-corrected chi connectivity index (χ4v) is 16.4. The zero-order chi connectivity index (χ0) is 53.3. The number of rotatable bonds is 2. The van der Waals surface area contributed by atoms with Crippen LogP contribution in [0.3, 0.4) is 0 Å². The van der Waals surface area contributed by atoms with Crippen LogP contribution in [0, 0.1) is 13.8 Å². The molecule has 0 fully saturated rings. The first kappa shape index (κ1) is 47.8. The molecule has 8 aromatic carbocycles. The molecule has 8 aromatic rings. The molecule has 3 heteroatoms. The van der Waals surface area contributed by atoms with Gasteiger partial charge in [0, 0.05) is 61.1 Å². The molecule has 0 atom stereocenters. The first-order valence-electron chi connectivity index (χ1n) is 28.5. The minimum absolute atomic E-state index is 0.0395. The number of fused-ring (bicyclic) bond motifs is 12. The van der Waals surface area contributed by atoms with Crippen molar-refractivity contribution in [1.29, 1.82) is 0 Å². The second kappa shape index (κ2) is 14.9. The molecular formula is C73H75BN2. The molecule has 0 saturated carbocycles. The van der Waals surface area contributed by atoms with Crippen LogP contribution >= 0.6 is 0 Å². The third kappa shape index (κ3) is 5.96. The van der Waals surface area contributed by atoms with Crippen LogP contribution in [0.15, 0.2) is 140 Å². The van der Waals surface area contributed by atoms with Crippen LogP contribution in [-0.2, 0) is 37.9 Å². The molecule has 0 N–H and O–H groups in total. The second-order valence-electron chi connectivity index (χ2n) is 28.1. The standard InChI is InChI=1S/C73H75BN2/c1-42-34-63-66-64(35-42)76(60-39-52-51(36-43(60)2)67(3,4)32-33-68(52,5)6)62-41-56-54(71(11,12)47-27-20-22-29-49(47)73(56,15)16)38-58(62)74(66)57-37-53-55(72(13,14)48-28-21-19-26-46(48)70(53,9)10)40-61(57)75(63)59-31-23-30-50-65(59)44-24-17-18-25-45(44)69(50,7)8/h17-31,34-41H,32-33H2,1-16H3. The highest BCUT2D eigenvalue weighted by Crippen LogP contribution is 2.59. The molecule has 6 aliphatic rings. The summed E-state index contributed by atoms with van der Waals surface area (Å²) < 4.78 is 0. The Balaban J connectivity index is 1.15. The lowest BCUT2D eigenvalue weighted by molar-refractivity contribution is 0.332. The van der Waals surface area contributed by atoms with Gasteiger partial charge in [-0.25, -0.2) is 0 Å². The Kier molecular flexibility index (Phi) is 9.39. The van der Waals surface area contributed by atoms with Crippen molar-refractivity contribution >= 4 is 57.2 Å². The van der Waals surface area contributed by atoms with Crippen molar-refractivity contribution in [2.24, 2.45) is 0 Å². The Labute approximate surface area is 454 Å². The lowest BCUT2D eigenvalue weighted by Crippen LogP contribution is -2.62. The molecule has 2 nitrogen and oxygen atoms in total. The van der Waals surface area contributed by atoms with Gasteiger partial charge in [0.25, 0.3) is 6.71 Å². The highest BCUT2D eigenvalue weighted by atomic mass is 15.2. The number of aryl methyl sites for hydroxylation is 2. The molecule has 14 rings (SSSR count). The number of nitrogens with zero attached hydrogens (tertiary/aromatic N) is 2. The minimum Gasteiger partial charge on any atom is -0.311 e. The van der Waals surface area contributed by atoms with E-state index in [-0.39, 0.29) is 44.6 Å². The third-order valence-electron chi connectivity index (χ3n) is 21.0. The van der Waals surface area contributed by atoms with Crippen molar-refractivity contribution in [3.05, 3.63) is 217 Å². The molecule has 380 valence electrons. The topological polar surface area (TPSA) is 6.48 Å². The Morgan fingerprint density at radius 1 is 0.329 bits per heavy atom.